The summed E-state index contributed by atoms with van der Waals surface area (Å²) in [7, 11) is -3.19. The van der Waals surface area contributed by atoms with Crippen molar-refractivity contribution in [2.45, 2.75) is 57.5 Å². The Morgan fingerprint density at radius 1 is 1.39 bits per heavy atom. The van der Waals surface area contributed by atoms with E-state index in [9.17, 15) is 13.2 Å². The number of hydrogen-bond donors (Lipinski definition) is 1. The van der Waals surface area contributed by atoms with Gasteiger partial charge in [-0.15, -0.1) is 0 Å². The molecule has 2 atom stereocenters. The molecule has 1 amide bonds. The van der Waals surface area contributed by atoms with Crippen LogP contribution in [0.2, 0.25) is 0 Å². The van der Waals surface area contributed by atoms with Crippen LogP contribution in [0.5, 0.6) is 0 Å². The third-order valence-corrected chi connectivity index (χ3v) is 5.76. The molecule has 0 bridgehead atoms. The van der Waals surface area contributed by atoms with Crippen molar-refractivity contribution in [3.63, 3.8) is 0 Å². The van der Waals surface area contributed by atoms with E-state index < -0.39 is 14.6 Å². The lowest BCUT2D eigenvalue weighted by Crippen LogP contribution is -2.48. The van der Waals surface area contributed by atoms with Gasteiger partial charge >= 0.3 is 0 Å². The molecule has 1 aliphatic heterocycles. The Balaban J connectivity index is 2.83. The molecule has 1 aliphatic rings. The standard InChI is InChI=1S/C12H24N2O3S/c1-6-7-10-11(15)14(9(2)13-10)8-12(3,4)18(5,16)17/h9-10,13H,6-8H2,1-5H3. The molecule has 1 N–H and O–H groups in total. The first-order valence-electron chi connectivity index (χ1n) is 6.36. The first-order valence-corrected chi connectivity index (χ1v) is 8.25. The van der Waals surface area contributed by atoms with E-state index in [1.807, 2.05) is 13.8 Å². The first-order chi connectivity index (χ1) is 8.10. The summed E-state index contributed by atoms with van der Waals surface area (Å²) in [5, 5.41) is 3.21. The van der Waals surface area contributed by atoms with E-state index in [1.165, 1.54) is 6.26 Å². The van der Waals surface area contributed by atoms with E-state index in [2.05, 4.69) is 5.32 Å². The molecule has 0 aromatic rings. The Morgan fingerprint density at radius 2 is 1.94 bits per heavy atom. The molecule has 18 heavy (non-hydrogen) atoms. The molecule has 0 aromatic heterocycles. The van der Waals surface area contributed by atoms with Crippen molar-refractivity contribution in [3.8, 4) is 0 Å². The summed E-state index contributed by atoms with van der Waals surface area (Å²) in [5.74, 6) is 0.0149. The molecule has 1 rings (SSSR count). The number of hydrogen-bond acceptors (Lipinski definition) is 4. The van der Waals surface area contributed by atoms with Crippen molar-refractivity contribution in [3.05, 3.63) is 0 Å². The lowest BCUT2D eigenvalue weighted by Gasteiger charge is -2.30. The van der Waals surface area contributed by atoms with Gasteiger partial charge in [0.15, 0.2) is 9.84 Å². The lowest BCUT2D eigenvalue weighted by molar-refractivity contribution is -0.130. The van der Waals surface area contributed by atoms with Gasteiger partial charge < -0.3 is 4.90 Å². The van der Waals surface area contributed by atoms with Crippen LogP contribution in [-0.4, -0.2) is 49.0 Å². The molecule has 6 heteroatoms. The second kappa shape index (κ2) is 5.17. The van der Waals surface area contributed by atoms with Crippen molar-refractivity contribution in [2.24, 2.45) is 0 Å². The van der Waals surface area contributed by atoms with Crippen molar-refractivity contribution in [2.75, 3.05) is 12.8 Å². The van der Waals surface area contributed by atoms with Crippen LogP contribution in [0.3, 0.4) is 0 Å². The second-order valence-electron chi connectivity index (χ2n) is 5.68. The summed E-state index contributed by atoms with van der Waals surface area (Å²) >= 11 is 0. The molecular weight excluding hydrogens is 252 g/mol. The number of carbonyl (C=O) groups is 1. The Labute approximate surface area is 110 Å². The number of nitrogens with zero attached hydrogens (tertiary/aromatic N) is 1. The summed E-state index contributed by atoms with van der Waals surface area (Å²) in [6, 6.07) is -0.166. The highest BCUT2D eigenvalue weighted by Gasteiger charge is 2.41. The average Bonchev–Trinajstić information content (AvgIpc) is 2.45. The Kier molecular flexibility index (Phi) is 4.43. The number of sulfone groups is 1. The van der Waals surface area contributed by atoms with Crippen molar-refractivity contribution in [1.29, 1.82) is 0 Å². The molecule has 1 fully saturated rings. The molecule has 0 aromatic carbocycles. The molecule has 0 aliphatic carbocycles. The number of rotatable bonds is 5. The molecule has 1 heterocycles. The van der Waals surface area contributed by atoms with Crippen molar-refractivity contribution in [1.82, 2.24) is 10.2 Å². The molecule has 2 unspecified atom stereocenters. The SMILES string of the molecule is CCCC1NC(C)N(CC(C)(C)S(C)(=O)=O)C1=O. The van der Waals surface area contributed by atoms with E-state index in [-0.39, 0.29) is 24.7 Å². The van der Waals surface area contributed by atoms with E-state index >= 15 is 0 Å². The van der Waals surface area contributed by atoms with E-state index in [0.717, 1.165) is 12.8 Å². The quantitative estimate of drug-likeness (QED) is 0.805. The van der Waals surface area contributed by atoms with Crippen LogP contribution in [0.1, 0.15) is 40.5 Å². The minimum atomic E-state index is -3.19. The minimum Gasteiger partial charge on any atom is -0.325 e. The van der Waals surface area contributed by atoms with Gasteiger partial charge in [-0.2, -0.15) is 0 Å². The van der Waals surface area contributed by atoms with E-state index in [4.69, 9.17) is 0 Å². The maximum Gasteiger partial charge on any atom is 0.241 e. The summed E-state index contributed by atoms with van der Waals surface area (Å²) < 4.78 is 22.5. The highest BCUT2D eigenvalue weighted by Crippen LogP contribution is 2.22. The molecule has 0 spiro atoms. The Bertz CT molecular complexity index is 417. The largest absolute Gasteiger partial charge is 0.325 e. The van der Waals surface area contributed by atoms with Gasteiger partial charge in [0.05, 0.1) is 17.0 Å². The fourth-order valence-electron chi connectivity index (χ4n) is 2.08. The van der Waals surface area contributed by atoms with Crippen LogP contribution in [0.4, 0.5) is 0 Å². The summed E-state index contributed by atoms with van der Waals surface area (Å²) in [6.07, 6.45) is 2.84. The normalized spacial score (nSPS) is 25.8. The molecule has 0 saturated carbocycles. The summed E-state index contributed by atoms with van der Waals surface area (Å²) in [6.45, 7) is 7.48. The van der Waals surface area contributed by atoms with Crippen LogP contribution < -0.4 is 5.32 Å². The number of carbonyl (C=O) groups excluding carboxylic acids is 1. The van der Waals surface area contributed by atoms with Crippen LogP contribution in [0, 0.1) is 0 Å². The Morgan fingerprint density at radius 3 is 2.39 bits per heavy atom. The minimum absolute atomic E-state index is 0.0149. The average molecular weight is 276 g/mol. The molecule has 0 radical (unpaired) electrons. The smallest absolute Gasteiger partial charge is 0.241 e. The van der Waals surface area contributed by atoms with Crippen LogP contribution >= 0.6 is 0 Å². The molecule has 1 saturated heterocycles. The maximum absolute atomic E-state index is 12.2. The topological polar surface area (TPSA) is 66.5 Å². The molecular formula is C12H24N2O3S. The number of nitrogens with one attached hydrogen (secondary N) is 1. The van der Waals surface area contributed by atoms with Gasteiger partial charge in [0.1, 0.15) is 0 Å². The van der Waals surface area contributed by atoms with E-state index in [1.54, 1.807) is 18.7 Å². The van der Waals surface area contributed by atoms with E-state index in [0.29, 0.717) is 0 Å². The zero-order chi connectivity index (χ0) is 14.1. The zero-order valence-corrected chi connectivity index (χ0v) is 12.7. The summed E-state index contributed by atoms with van der Waals surface area (Å²) in [5.41, 5.74) is 0. The monoisotopic (exact) mass is 276 g/mol. The second-order valence-corrected chi connectivity index (χ2v) is 8.33. The van der Waals surface area contributed by atoms with Crippen LogP contribution in [0.15, 0.2) is 0 Å². The molecule has 106 valence electrons. The predicted octanol–water partition coefficient (Wildman–Crippen LogP) is 0.756. The fraction of sp³-hybridized carbons (Fsp3) is 0.917. The van der Waals surface area contributed by atoms with Gasteiger partial charge in [-0.1, -0.05) is 13.3 Å². The van der Waals surface area contributed by atoms with Gasteiger partial charge in [0.2, 0.25) is 5.91 Å². The Hall–Kier alpha value is -0.620. The zero-order valence-electron chi connectivity index (χ0n) is 11.9. The van der Waals surface area contributed by atoms with Gasteiger partial charge in [-0.3, -0.25) is 10.1 Å². The molecule has 5 nitrogen and oxygen atoms in total. The fourth-order valence-corrected chi connectivity index (χ4v) is 2.45. The predicted molar refractivity (Wildman–Crippen MR) is 71.9 cm³/mol. The van der Waals surface area contributed by atoms with Gasteiger partial charge in [0.25, 0.3) is 0 Å². The van der Waals surface area contributed by atoms with Gasteiger partial charge in [-0.05, 0) is 27.2 Å². The highest BCUT2D eigenvalue weighted by molar-refractivity contribution is 7.92. The van der Waals surface area contributed by atoms with Crippen LogP contribution in [-0.2, 0) is 14.6 Å². The number of amides is 1. The summed E-state index contributed by atoms with van der Waals surface area (Å²) in [4.78, 5) is 13.8. The van der Waals surface area contributed by atoms with Crippen molar-refractivity contribution < 1.29 is 13.2 Å². The third kappa shape index (κ3) is 3.03. The van der Waals surface area contributed by atoms with Gasteiger partial charge in [-0.25, -0.2) is 8.42 Å². The van der Waals surface area contributed by atoms with Crippen LogP contribution in [0.25, 0.3) is 0 Å². The van der Waals surface area contributed by atoms with Gasteiger partial charge in [0, 0.05) is 12.8 Å². The van der Waals surface area contributed by atoms with Crippen molar-refractivity contribution >= 4 is 15.7 Å². The third-order valence-electron chi connectivity index (χ3n) is 3.62. The lowest BCUT2D eigenvalue weighted by atomic mass is 10.1. The highest BCUT2D eigenvalue weighted by atomic mass is 32.2. The maximum atomic E-state index is 12.2. The first kappa shape index (κ1) is 15.4.